The van der Waals surface area contributed by atoms with Crippen LogP contribution in [0.5, 0.6) is 0 Å². The molecule has 2 heteroatoms. The van der Waals surface area contributed by atoms with E-state index in [2.05, 4.69) is 51.8 Å². The van der Waals surface area contributed by atoms with E-state index >= 15 is 0 Å². The fourth-order valence-corrected chi connectivity index (χ4v) is 3.28. The molecule has 0 aromatic heterocycles. The summed E-state index contributed by atoms with van der Waals surface area (Å²) in [5.74, 6) is 0. The second-order valence-electron chi connectivity index (χ2n) is 7.44. The quantitative estimate of drug-likeness (QED) is 0.781. The first kappa shape index (κ1) is 17.0. The summed E-state index contributed by atoms with van der Waals surface area (Å²) in [6, 6.07) is 0.714. The number of likely N-dealkylation sites (tertiary alicyclic amines) is 1. The maximum absolute atomic E-state index is 3.68. The summed E-state index contributed by atoms with van der Waals surface area (Å²) in [5, 5.41) is 3.68. The molecule has 0 radical (unpaired) electrons. The monoisotopic (exact) mass is 268 g/mol. The molecular formula is C17H36N2. The van der Waals surface area contributed by atoms with Crippen LogP contribution in [0.25, 0.3) is 0 Å². The molecule has 1 heterocycles. The van der Waals surface area contributed by atoms with Crippen LogP contribution in [0.1, 0.15) is 73.6 Å². The number of hydrogen-bond acceptors (Lipinski definition) is 2. The molecule has 1 fully saturated rings. The van der Waals surface area contributed by atoms with Crippen LogP contribution in [0.2, 0.25) is 0 Å². The minimum Gasteiger partial charge on any atom is -0.311 e. The third-order valence-corrected chi connectivity index (χ3v) is 5.21. The molecule has 1 N–H and O–H groups in total. The van der Waals surface area contributed by atoms with E-state index in [0.29, 0.717) is 11.5 Å². The Morgan fingerprint density at radius 1 is 1.05 bits per heavy atom. The minimum absolute atomic E-state index is 0.236. The van der Waals surface area contributed by atoms with Gasteiger partial charge < -0.3 is 5.32 Å². The van der Waals surface area contributed by atoms with E-state index in [0.717, 1.165) is 6.54 Å². The lowest BCUT2D eigenvalue weighted by Gasteiger charge is -2.44. The highest BCUT2D eigenvalue weighted by Crippen LogP contribution is 2.38. The molecule has 0 aromatic rings. The van der Waals surface area contributed by atoms with Crippen LogP contribution in [0, 0.1) is 5.41 Å². The molecule has 1 unspecified atom stereocenters. The van der Waals surface area contributed by atoms with Gasteiger partial charge in [0.2, 0.25) is 0 Å². The van der Waals surface area contributed by atoms with Crippen molar-refractivity contribution in [1.29, 1.82) is 0 Å². The van der Waals surface area contributed by atoms with Crippen molar-refractivity contribution in [2.45, 2.75) is 85.2 Å². The number of nitrogens with one attached hydrogen (secondary N) is 1. The average molecular weight is 268 g/mol. The van der Waals surface area contributed by atoms with E-state index in [9.17, 15) is 0 Å². The van der Waals surface area contributed by atoms with Crippen LogP contribution in [-0.2, 0) is 0 Å². The van der Waals surface area contributed by atoms with Crippen molar-refractivity contribution in [3.8, 4) is 0 Å². The minimum atomic E-state index is 0.236. The van der Waals surface area contributed by atoms with Crippen molar-refractivity contribution in [3.63, 3.8) is 0 Å². The standard InChI is InChI=1S/C17H36N2/c1-7-15(14-18-16(4,5)6)19-12-10-17(8-2,9-3)11-13-19/h15,18H,7-14H2,1-6H3. The Labute approximate surface area is 121 Å². The van der Waals surface area contributed by atoms with Gasteiger partial charge >= 0.3 is 0 Å². The summed E-state index contributed by atoms with van der Waals surface area (Å²) in [5.41, 5.74) is 0.881. The highest BCUT2D eigenvalue weighted by molar-refractivity contribution is 4.87. The first-order valence-corrected chi connectivity index (χ1v) is 8.35. The SMILES string of the molecule is CCC(CNC(C)(C)C)N1CCC(CC)(CC)CC1. The summed E-state index contributed by atoms with van der Waals surface area (Å²) >= 11 is 0. The fourth-order valence-electron chi connectivity index (χ4n) is 3.28. The third-order valence-electron chi connectivity index (χ3n) is 5.21. The van der Waals surface area contributed by atoms with Gasteiger partial charge in [-0.1, -0.05) is 33.6 Å². The van der Waals surface area contributed by atoms with E-state index in [1.54, 1.807) is 0 Å². The van der Waals surface area contributed by atoms with Gasteiger partial charge in [-0.2, -0.15) is 0 Å². The Balaban J connectivity index is 2.47. The molecule has 0 aromatic carbocycles. The molecule has 1 aliphatic heterocycles. The zero-order chi connectivity index (χ0) is 14.5. The molecule has 0 aliphatic carbocycles. The smallest absolute Gasteiger partial charge is 0.0218 e. The molecule has 0 amide bonds. The van der Waals surface area contributed by atoms with E-state index in [1.807, 2.05) is 0 Å². The van der Waals surface area contributed by atoms with Crippen LogP contribution in [0.15, 0.2) is 0 Å². The molecule has 1 rings (SSSR count). The van der Waals surface area contributed by atoms with Gasteiger partial charge in [-0.25, -0.2) is 0 Å². The lowest BCUT2D eigenvalue weighted by atomic mass is 9.74. The zero-order valence-electron chi connectivity index (χ0n) is 14.2. The molecule has 19 heavy (non-hydrogen) atoms. The maximum atomic E-state index is 3.68. The van der Waals surface area contributed by atoms with Crippen LogP contribution in [0.4, 0.5) is 0 Å². The van der Waals surface area contributed by atoms with Gasteiger partial charge in [-0.15, -0.1) is 0 Å². The van der Waals surface area contributed by atoms with Crippen molar-refractivity contribution >= 4 is 0 Å². The summed E-state index contributed by atoms with van der Waals surface area (Å²) in [6.07, 6.45) is 6.76. The molecule has 0 bridgehead atoms. The van der Waals surface area contributed by atoms with Gasteiger partial charge in [0.25, 0.3) is 0 Å². The van der Waals surface area contributed by atoms with Crippen LogP contribution < -0.4 is 5.32 Å². The van der Waals surface area contributed by atoms with E-state index in [4.69, 9.17) is 0 Å². The van der Waals surface area contributed by atoms with E-state index < -0.39 is 0 Å². The lowest BCUT2D eigenvalue weighted by Crippen LogP contribution is -2.51. The Kier molecular flexibility index (Phi) is 6.32. The maximum Gasteiger partial charge on any atom is 0.0218 e. The van der Waals surface area contributed by atoms with Crippen molar-refractivity contribution in [2.24, 2.45) is 5.41 Å². The van der Waals surface area contributed by atoms with Gasteiger partial charge in [-0.05, 0) is 58.5 Å². The van der Waals surface area contributed by atoms with Gasteiger partial charge in [0.1, 0.15) is 0 Å². The largest absolute Gasteiger partial charge is 0.311 e. The Bertz CT molecular complexity index is 240. The zero-order valence-corrected chi connectivity index (χ0v) is 14.2. The number of hydrogen-bond donors (Lipinski definition) is 1. The highest BCUT2D eigenvalue weighted by Gasteiger charge is 2.33. The van der Waals surface area contributed by atoms with Crippen LogP contribution in [-0.4, -0.2) is 36.1 Å². The van der Waals surface area contributed by atoms with Gasteiger partial charge in [0, 0.05) is 18.1 Å². The average Bonchev–Trinajstić information content (AvgIpc) is 2.39. The molecule has 1 atom stereocenters. The summed E-state index contributed by atoms with van der Waals surface area (Å²) in [6.45, 7) is 17.6. The lowest BCUT2D eigenvalue weighted by molar-refractivity contribution is 0.0623. The Hall–Kier alpha value is -0.0800. The molecule has 1 aliphatic rings. The summed E-state index contributed by atoms with van der Waals surface area (Å²) in [7, 11) is 0. The molecule has 2 nitrogen and oxygen atoms in total. The number of rotatable bonds is 6. The predicted molar refractivity (Wildman–Crippen MR) is 85.7 cm³/mol. The number of piperidine rings is 1. The van der Waals surface area contributed by atoms with Crippen LogP contribution >= 0.6 is 0 Å². The number of nitrogens with zero attached hydrogens (tertiary/aromatic N) is 1. The first-order valence-electron chi connectivity index (χ1n) is 8.35. The van der Waals surface area contributed by atoms with Crippen LogP contribution in [0.3, 0.4) is 0 Å². The second kappa shape index (κ2) is 7.08. The van der Waals surface area contributed by atoms with Crippen molar-refractivity contribution in [2.75, 3.05) is 19.6 Å². The fraction of sp³-hybridized carbons (Fsp3) is 1.00. The highest BCUT2D eigenvalue weighted by atomic mass is 15.2. The van der Waals surface area contributed by atoms with Gasteiger partial charge in [-0.3, -0.25) is 4.90 Å². The predicted octanol–water partition coefficient (Wildman–Crippen LogP) is 4.06. The van der Waals surface area contributed by atoms with E-state index in [1.165, 1.54) is 45.2 Å². The molecule has 114 valence electrons. The van der Waals surface area contributed by atoms with Crippen molar-refractivity contribution in [1.82, 2.24) is 10.2 Å². The topological polar surface area (TPSA) is 15.3 Å². The molecular weight excluding hydrogens is 232 g/mol. The molecule has 0 spiro atoms. The molecule has 0 saturated carbocycles. The summed E-state index contributed by atoms with van der Waals surface area (Å²) < 4.78 is 0. The first-order chi connectivity index (χ1) is 8.86. The van der Waals surface area contributed by atoms with Crippen molar-refractivity contribution < 1.29 is 0 Å². The van der Waals surface area contributed by atoms with Crippen molar-refractivity contribution in [3.05, 3.63) is 0 Å². The molecule has 1 saturated heterocycles. The Morgan fingerprint density at radius 3 is 1.95 bits per heavy atom. The Morgan fingerprint density at radius 2 is 1.58 bits per heavy atom. The second-order valence-corrected chi connectivity index (χ2v) is 7.44. The normalized spacial score (nSPS) is 22.4. The third kappa shape index (κ3) is 5.07. The van der Waals surface area contributed by atoms with Gasteiger partial charge in [0.05, 0.1) is 0 Å². The summed E-state index contributed by atoms with van der Waals surface area (Å²) in [4.78, 5) is 2.72. The van der Waals surface area contributed by atoms with E-state index in [-0.39, 0.29) is 5.54 Å². The van der Waals surface area contributed by atoms with Gasteiger partial charge in [0.15, 0.2) is 0 Å².